The third-order valence-electron chi connectivity index (χ3n) is 9.56. The molecule has 260 valence electrons. The first-order chi connectivity index (χ1) is 25.2. The van der Waals surface area contributed by atoms with Crippen molar-refractivity contribution in [1.82, 2.24) is 0 Å². The molecule has 0 aromatic heterocycles. The van der Waals surface area contributed by atoms with Gasteiger partial charge in [0.05, 0.1) is 10.9 Å². The van der Waals surface area contributed by atoms with Gasteiger partial charge in [0.25, 0.3) is 0 Å². The smallest absolute Gasteiger partial charge is 0.166 e. The largest absolute Gasteiger partial charge is 0.207 e. The summed E-state index contributed by atoms with van der Waals surface area (Å²) < 4.78 is 54.8. The van der Waals surface area contributed by atoms with E-state index in [-0.39, 0.29) is 10.9 Å². The second-order valence-corrected chi connectivity index (χ2v) is 15.0. The Morgan fingerprint density at radius 2 is 0.615 bits per heavy atom. The SMILES string of the molecule is CCc1ccc([S+](c2ccc(C)cc2)c2ccc(C)cc2)cc1.Fc1ccc([B-](c2ccc(F)cc2)(c2ccc(F)cc2)c2ccc(F)cc2)cc1. The molecule has 0 N–H and O–H groups in total. The number of hydrogen-bond acceptors (Lipinski definition) is 0. The lowest BCUT2D eigenvalue weighted by Crippen LogP contribution is -2.74. The van der Waals surface area contributed by atoms with Crippen LogP contribution in [0.25, 0.3) is 0 Å². The highest BCUT2D eigenvalue weighted by molar-refractivity contribution is 7.97. The Morgan fingerprint density at radius 3 is 0.865 bits per heavy atom. The first kappa shape index (κ1) is 36.5. The van der Waals surface area contributed by atoms with E-state index >= 15 is 0 Å². The van der Waals surface area contributed by atoms with Crippen LogP contribution in [0.2, 0.25) is 0 Å². The van der Waals surface area contributed by atoms with Gasteiger partial charge in [-0.3, -0.25) is 0 Å². The van der Waals surface area contributed by atoms with E-state index in [9.17, 15) is 17.6 Å². The van der Waals surface area contributed by atoms with Gasteiger partial charge in [-0.1, -0.05) is 103 Å². The van der Waals surface area contributed by atoms with E-state index in [1.807, 2.05) is 0 Å². The Balaban J connectivity index is 0.000000183. The number of hydrogen-bond donors (Lipinski definition) is 0. The second-order valence-electron chi connectivity index (χ2n) is 13.0. The Labute approximate surface area is 307 Å². The molecule has 0 unspecified atom stereocenters. The maximum absolute atomic E-state index is 13.7. The van der Waals surface area contributed by atoms with Crippen molar-refractivity contribution in [2.24, 2.45) is 0 Å². The van der Waals surface area contributed by atoms with Crippen LogP contribution in [0.1, 0.15) is 23.6 Å². The van der Waals surface area contributed by atoms with Gasteiger partial charge in [0.1, 0.15) is 29.4 Å². The predicted molar refractivity (Wildman–Crippen MR) is 210 cm³/mol. The molecule has 0 radical (unpaired) electrons. The summed E-state index contributed by atoms with van der Waals surface area (Å²) in [5.74, 6) is -1.57. The van der Waals surface area contributed by atoms with Gasteiger partial charge in [0.2, 0.25) is 0 Å². The van der Waals surface area contributed by atoms with Crippen LogP contribution in [0.4, 0.5) is 17.6 Å². The van der Waals surface area contributed by atoms with Crippen molar-refractivity contribution in [2.75, 3.05) is 0 Å². The molecule has 0 heterocycles. The molecule has 7 aromatic carbocycles. The maximum Gasteiger partial charge on any atom is 0.166 e. The summed E-state index contributed by atoms with van der Waals surface area (Å²) in [6.45, 7) is 6.49. The fourth-order valence-electron chi connectivity index (χ4n) is 6.78. The average Bonchev–Trinajstić information content (AvgIpc) is 3.17. The van der Waals surface area contributed by atoms with Gasteiger partial charge in [-0.15, -0.1) is 0 Å². The van der Waals surface area contributed by atoms with Gasteiger partial charge in [-0.25, -0.2) is 17.6 Å². The molecule has 0 aliphatic heterocycles. The molecule has 7 rings (SSSR count). The van der Waals surface area contributed by atoms with Crippen molar-refractivity contribution >= 4 is 38.9 Å². The molecule has 0 nitrogen and oxygen atoms in total. The van der Waals surface area contributed by atoms with Crippen LogP contribution < -0.4 is 21.9 Å². The van der Waals surface area contributed by atoms with Crippen molar-refractivity contribution in [2.45, 2.75) is 41.9 Å². The molecule has 0 bridgehead atoms. The van der Waals surface area contributed by atoms with Gasteiger partial charge in [-0.05, 0) is 111 Å². The lowest BCUT2D eigenvalue weighted by molar-refractivity contribution is 0.628. The number of halogens is 4. The van der Waals surface area contributed by atoms with Crippen LogP contribution in [0.3, 0.4) is 0 Å². The highest BCUT2D eigenvalue weighted by Gasteiger charge is 2.32. The van der Waals surface area contributed by atoms with E-state index in [1.54, 1.807) is 48.5 Å². The summed E-state index contributed by atoms with van der Waals surface area (Å²) in [7, 11) is -0.0414. The van der Waals surface area contributed by atoms with Gasteiger partial charge >= 0.3 is 0 Å². The zero-order chi connectivity index (χ0) is 36.7. The minimum atomic E-state index is -1.94. The normalized spacial score (nSPS) is 11.2. The fourth-order valence-corrected chi connectivity index (χ4v) is 8.82. The lowest BCUT2D eigenvalue weighted by atomic mass is 9.13. The van der Waals surface area contributed by atoms with E-state index in [4.69, 9.17) is 0 Å². The molecule has 0 aliphatic rings. The highest BCUT2D eigenvalue weighted by atomic mass is 32.2. The van der Waals surface area contributed by atoms with E-state index < -0.39 is 29.4 Å². The molecule has 52 heavy (non-hydrogen) atoms. The number of aryl methyl sites for hydroxylation is 3. The summed E-state index contributed by atoms with van der Waals surface area (Å²) in [6, 6.07) is 51.1. The van der Waals surface area contributed by atoms with E-state index in [0.29, 0.717) is 0 Å². The molecule has 0 saturated heterocycles. The Morgan fingerprint density at radius 1 is 0.365 bits per heavy atom. The van der Waals surface area contributed by atoms with Crippen molar-refractivity contribution in [3.63, 3.8) is 0 Å². The van der Waals surface area contributed by atoms with E-state index in [1.165, 1.54) is 79.9 Å². The molecule has 0 saturated carbocycles. The van der Waals surface area contributed by atoms with Gasteiger partial charge in [0.15, 0.2) is 14.7 Å². The second kappa shape index (κ2) is 16.3. The van der Waals surface area contributed by atoms with E-state index in [2.05, 4.69) is 93.6 Å². The summed E-state index contributed by atoms with van der Waals surface area (Å²) in [5, 5.41) is 0. The molecule has 0 spiro atoms. The van der Waals surface area contributed by atoms with Crippen LogP contribution in [0.5, 0.6) is 0 Å². The molecular formula is C46H39BF4S. The first-order valence-electron chi connectivity index (χ1n) is 17.3. The molecular weight excluding hydrogens is 671 g/mol. The molecule has 6 heteroatoms. The molecule has 0 amide bonds. The van der Waals surface area contributed by atoms with Crippen LogP contribution >= 0.6 is 0 Å². The average molecular weight is 711 g/mol. The van der Waals surface area contributed by atoms with Crippen LogP contribution in [0.15, 0.2) is 185 Å². The van der Waals surface area contributed by atoms with Crippen molar-refractivity contribution < 1.29 is 17.6 Å². The van der Waals surface area contributed by atoms with Gasteiger partial charge < -0.3 is 0 Å². The third kappa shape index (κ3) is 8.08. The molecule has 0 fully saturated rings. The third-order valence-corrected chi connectivity index (χ3v) is 11.8. The van der Waals surface area contributed by atoms with Crippen LogP contribution in [-0.4, -0.2) is 6.15 Å². The van der Waals surface area contributed by atoms with Crippen molar-refractivity contribution in [3.05, 3.63) is 210 Å². The lowest BCUT2D eigenvalue weighted by Gasteiger charge is -2.44. The minimum absolute atomic E-state index is 0.0414. The minimum Gasteiger partial charge on any atom is -0.207 e. The van der Waals surface area contributed by atoms with Crippen molar-refractivity contribution in [1.29, 1.82) is 0 Å². The number of rotatable bonds is 8. The topological polar surface area (TPSA) is 0 Å². The number of benzene rings is 7. The summed E-state index contributed by atoms with van der Waals surface area (Å²) in [4.78, 5) is 4.14. The zero-order valence-electron chi connectivity index (χ0n) is 29.4. The maximum atomic E-state index is 13.7. The Bertz CT molecular complexity index is 1950. The summed E-state index contributed by atoms with van der Waals surface area (Å²) >= 11 is 0. The monoisotopic (exact) mass is 710 g/mol. The molecule has 7 aromatic rings. The van der Waals surface area contributed by atoms with Gasteiger partial charge in [0, 0.05) is 0 Å². The molecule has 0 atom stereocenters. The predicted octanol–water partition coefficient (Wildman–Crippen LogP) is 9.58. The zero-order valence-corrected chi connectivity index (χ0v) is 30.2. The first-order valence-corrected chi connectivity index (χ1v) is 18.6. The Hall–Kier alpha value is -5.33. The highest BCUT2D eigenvalue weighted by Crippen LogP contribution is 2.31. The van der Waals surface area contributed by atoms with Crippen LogP contribution in [-0.2, 0) is 17.3 Å². The molecule has 0 aliphatic carbocycles. The quantitative estimate of drug-likeness (QED) is 0.0838. The standard InChI is InChI=1S/C24H16BF4.C22H23S/c26-21-9-1-17(2-10-21)25(18-3-11-22(27)12-4-18,19-5-13-23(28)14-6-19)20-7-15-24(29)16-8-20;1-4-19-9-15-22(16-10-19)23(20-11-5-17(2)6-12-20)21-13-7-18(3)8-14-21/h1-16H;5-16H,4H2,1-3H3/q-1;+1. The van der Waals surface area contributed by atoms with Crippen molar-refractivity contribution in [3.8, 4) is 0 Å². The van der Waals surface area contributed by atoms with E-state index in [0.717, 1.165) is 28.3 Å². The summed E-state index contributed by atoms with van der Waals surface area (Å²) in [6.07, 6.45) is -0.854. The summed E-state index contributed by atoms with van der Waals surface area (Å²) in [5.41, 5.74) is 7.00. The fraction of sp³-hybridized carbons (Fsp3) is 0.0870. The van der Waals surface area contributed by atoms with Crippen LogP contribution in [0, 0.1) is 37.1 Å². The Kier molecular flexibility index (Phi) is 11.5. The van der Waals surface area contributed by atoms with Gasteiger partial charge in [-0.2, -0.15) is 21.9 Å².